The first-order chi connectivity index (χ1) is 17.2. The van der Waals surface area contributed by atoms with Crippen LogP contribution in [0.15, 0.2) is 46.3 Å². The molecule has 2 aliphatic carbocycles. The number of carbonyl (C=O) groups excluding carboxylic acids is 2. The Morgan fingerprint density at radius 1 is 1.28 bits per heavy atom. The number of nitrogens with zero attached hydrogens (tertiary/aromatic N) is 1. The van der Waals surface area contributed by atoms with Crippen LogP contribution in [0.3, 0.4) is 0 Å². The fourth-order valence-corrected chi connectivity index (χ4v) is 7.39. The number of fused-ring (bicyclic) bond motifs is 1. The van der Waals surface area contributed by atoms with Gasteiger partial charge in [0.2, 0.25) is 5.91 Å². The molecule has 1 aliphatic heterocycles. The molecule has 0 spiro atoms. The Bertz CT molecular complexity index is 1160. The summed E-state index contributed by atoms with van der Waals surface area (Å²) in [4.78, 5) is 27.8. The molecule has 2 saturated carbocycles. The van der Waals surface area contributed by atoms with Crippen LogP contribution >= 0.6 is 27.3 Å². The Kier molecular flexibility index (Phi) is 7.41. The highest BCUT2D eigenvalue weighted by Gasteiger charge is 2.57. The fraction of sp³-hybridized carbons (Fsp3) is 0.500. The molecule has 1 aromatic heterocycles. The van der Waals surface area contributed by atoms with Crippen molar-refractivity contribution in [1.82, 2.24) is 10.2 Å². The van der Waals surface area contributed by atoms with Crippen LogP contribution in [0.4, 0.5) is 0 Å². The van der Waals surface area contributed by atoms with Crippen molar-refractivity contribution in [3.8, 4) is 5.75 Å². The van der Waals surface area contributed by atoms with Crippen molar-refractivity contribution in [2.75, 3.05) is 19.6 Å². The van der Waals surface area contributed by atoms with Gasteiger partial charge in [-0.05, 0) is 96.8 Å². The third kappa shape index (κ3) is 5.62. The van der Waals surface area contributed by atoms with E-state index >= 15 is 0 Å². The third-order valence-corrected chi connectivity index (χ3v) is 9.59. The molecule has 36 heavy (non-hydrogen) atoms. The quantitative estimate of drug-likeness (QED) is 0.280. The summed E-state index contributed by atoms with van der Waals surface area (Å²) in [6.07, 6.45) is 8.77. The number of esters is 1. The van der Waals surface area contributed by atoms with E-state index in [-0.39, 0.29) is 17.9 Å². The van der Waals surface area contributed by atoms with E-state index in [4.69, 9.17) is 4.74 Å². The van der Waals surface area contributed by atoms with E-state index in [0.29, 0.717) is 25.1 Å². The molecule has 3 aliphatic rings. The molecule has 3 atom stereocenters. The maximum absolute atomic E-state index is 12.8. The maximum atomic E-state index is 12.8. The summed E-state index contributed by atoms with van der Waals surface area (Å²) in [5.41, 5.74) is -0.454. The lowest BCUT2D eigenvalue weighted by Gasteiger charge is -2.58. The number of piperidine rings is 1. The van der Waals surface area contributed by atoms with Gasteiger partial charge in [0.05, 0.1) is 5.60 Å². The van der Waals surface area contributed by atoms with Crippen LogP contribution in [0.25, 0.3) is 6.08 Å². The molecule has 1 amide bonds. The number of nitrogens with one attached hydrogen (secondary N) is 1. The van der Waals surface area contributed by atoms with Crippen molar-refractivity contribution in [2.24, 2.45) is 5.92 Å². The predicted octanol–water partition coefficient (Wildman–Crippen LogP) is 4.90. The lowest BCUT2D eigenvalue weighted by molar-refractivity contribution is -0.133. The number of amides is 1. The smallest absolute Gasteiger partial charge is 0.308 e. The number of ether oxygens (including phenoxy) is 1. The van der Waals surface area contributed by atoms with Gasteiger partial charge in [-0.2, -0.15) is 0 Å². The van der Waals surface area contributed by atoms with E-state index < -0.39 is 11.0 Å². The number of benzene rings is 1. The van der Waals surface area contributed by atoms with Gasteiger partial charge in [0.25, 0.3) is 0 Å². The molecule has 2 aromatic rings. The standard InChI is InChI=1S/C28H33BrN2O4S/c1-19(32)35-24-4-2-3-21(13-24)27-11-12-31(16-20-5-6-20)18-28(27,34)10-9-23(15-27)30-26(33)8-7-25-14-22(29)17-36-25/h2-4,7-8,13-14,17,20,23,34H,5-6,9-12,15-16,18H2,1H3,(H,30,33)/t23-,27+,28+/m1/s1. The van der Waals surface area contributed by atoms with Gasteiger partial charge in [-0.1, -0.05) is 12.1 Å². The van der Waals surface area contributed by atoms with Crippen molar-refractivity contribution < 1.29 is 19.4 Å². The molecular weight excluding hydrogens is 540 g/mol. The van der Waals surface area contributed by atoms with Crippen molar-refractivity contribution in [3.05, 3.63) is 56.7 Å². The number of likely N-dealkylation sites (tertiary alicyclic amines) is 1. The topological polar surface area (TPSA) is 78.9 Å². The van der Waals surface area contributed by atoms with Crippen LogP contribution < -0.4 is 10.1 Å². The molecule has 6 nitrogen and oxygen atoms in total. The molecule has 192 valence electrons. The SMILES string of the molecule is CC(=O)Oc1cccc([C@@]23CCN(CC4CC4)C[C@@]2(O)CC[C@@H](NC(=O)C=Cc2cc(Br)cs2)C3)c1. The van der Waals surface area contributed by atoms with E-state index in [1.165, 1.54) is 19.8 Å². The minimum Gasteiger partial charge on any atom is -0.427 e. The number of hydrogen-bond acceptors (Lipinski definition) is 6. The average Bonchev–Trinajstić information content (AvgIpc) is 3.55. The van der Waals surface area contributed by atoms with Gasteiger partial charge in [0.1, 0.15) is 5.75 Å². The summed E-state index contributed by atoms with van der Waals surface area (Å²) < 4.78 is 6.40. The van der Waals surface area contributed by atoms with Gasteiger partial charge in [0, 0.05) is 52.3 Å². The molecule has 2 N–H and O–H groups in total. The van der Waals surface area contributed by atoms with Gasteiger partial charge >= 0.3 is 5.97 Å². The number of β-amino-alcohol motifs (C(OH)–C–C–N with tert-alkyl or cyclic N) is 1. The Morgan fingerprint density at radius 3 is 2.83 bits per heavy atom. The van der Waals surface area contributed by atoms with Gasteiger partial charge < -0.3 is 20.1 Å². The summed E-state index contributed by atoms with van der Waals surface area (Å²) in [6, 6.07) is 9.54. The zero-order valence-electron chi connectivity index (χ0n) is 20.5. The monoisotopic (exact) mass is 572 g/mol. The molecule has 1 aromatic carbocycles. The molecule has 3 fully saturated rings. The van der Waals surface area contributed by atoms with Crippen molar-refractivity contribution in [3.63, 3.8) is 0 Å². The minimum absolute atomic E-state index is 0.0511. The zero-order chi connectivity index (χ0) is 25.3. The number of aliphatic hydroxyl groups is 1. The molecule has 1 saturated heterocycles. The van der Waals surface area contributed by atoms with Crippen molar-refractivity contribution in [1.29, 1.82) is 0 Å². The molecule has 8 heteroatoms. The fourth-order valence-electron chi connectivity index (χ4n) is 6.05. The average molecular weight is 574 g/mol. The molecule has 2 heterocycles. The lowest BCUT2D eigenvalue weighted by atomic mass is 9.55. The second kappa shape index (κ2) is 10.4. The van der Waals surface area contributed by atoms with Gasteiger partial charge in [-0.15, -0.1) is 11.3 Å². The molecule has 0 unspecified atom stereocenters. The van der Waals surface area contributed by atoms with E-state index in [1.807, 2.05) is 35.7 Å². The van der Waals surface area contributed by atoms with Crippen molar-refractivity contribution in [2.45, 2.75) is 62.5 Å². The number of thiophene rings is 1. The summed E-state index contributed by atoms with van der Waals surface area (Å²) >= 11 is 5.02. The highest BCUT2D eigenvalue weighted by molar-refractivity contribution is 9.10. The lowest BCUT2D eigenvalue weighted by Crippen LogP contribution is -2.67. The number of carbonyl (C=O) groups is 2. The van der Waals surface area contributed by atoms with Gasteiger partial charge in [0.15, 0.2) is 0 Å². The first-order valence-corrected chi connectivity index (χ1v) is 14.4. The number of halogens is 1. The van der Waals surface area contributed by atoms with Crippen LogP contribution in [0.5, 0.6) is 5.75 Å². The van der Waals surface area contributed by atoms with Gasteiger partial charge in [-0.25, -0.2) is 0 Å². The van der Waals surface area contributed by atoms with E-state index in [0.717, 1.165) is 46.8 Å². The molecule has 0 radical (unpaired) electrons. The normalized spacial score (nSPS) is 28.6. The number of rotatable bonds is 7. The maximum Gasteiger partial charge on any atom is 0.308 e. The second-order valence-corrected chi connectivity index (χ2v) is 12.5. The Morgan fingerprint density at radius 2 is 2.11 bits per heavy atom. The molecular formula is C28H33BrN2O4S. The van der Waals surface area contributed by atoms with Crippen molar-refractivity contribution >= 4 is 45.2 Å². The summed E-state index contributed by atoms with van der Waals surface area (Å²) in [5, 5.41) is 17.4. The van der Waals surface area contributed by atoms with E-state index in [2.05, 4.69) is 26.1 Å². The molecule has 0 bridgehead atoms. The molecule has 5 rings (SSSR count). The van der Waals surface area contributed by atoms with Gasteiger partial charge in [-0.3, -0.25) is 9.59 Å². The van der Waals surface area contributed by atoms with E-state index in [1.54, 1.807) is 23.5 Å². The minimum atomic E-state index is -0.907. The first kappa shape index (κ1) is 25.6. The van der Waals surface area contributed by atoms with Crippen LogP contribution in [0.2, 0.25) is 0 Å². The summed E-state index contributed by atoms with van der Waals surface area (Å²) in [7, 11) is 0. The second-order valence-electron chi connectivity index (χ2n) is 10.6. The van der Waals surface area contributed by atoms with Crippen LogP contribution in [0, 0.1) is 5.92 Å². The Balaban J connectivity index is 1.38. The first-order valence-electron chi connectivity index (χ1n) is 12.7. The predicted molar refractivity (Wildman–Crippen MR) is 145 cm³/mol. The van der Waals surface area contributed by atoms with Crippen LogP contribution in [-0.2, 0) is 15.0 Å². The Labute approximate surface area is 224 Å². The summed E-state index contributed by atoms with van der Waals surface area (Å²) in [6.45, 7) is 3.99. The largest absolute Gasteiger partial charge is 0.427 e. The highest BCUT2D eigenvalue weighted by atomic mass is 79.9. The number of hydrogen-bond donors (Lipinski definition) is 2. The van der Waals surface area contributed by atoms with E-state index in [9.17, 15) is 14.7 Å². The highest BCUT2D eigenvalue weighted by Crippen LogP contribution is 2.52. The van der Waals surface area contributed by atoms with Crippen LogP contribution in [0.1, 0.15) is 55.9 Å². The van der Waals surface area contributed by atoms with Crippen LogP contribution in [-0.4, -0.2) is 53.2 Å². The third-order valence-electron chi connectivity index (χ3n) is 7.93. The Hall–Kier alpha value is -2.00. The summed E-state index contributed by atoms with van der Waals surface area (Å²) in [5.74, 6) is 0.774. The zero-order valence-corrected chi connectivity index (χ0v) is 22.9.